The Morgan fingerprint density at radius 2 is 2.26 bits per heavy atom. The van der Waals surface area contributed by atoms with Crippen LogP contribution in [0.3, 0.4) is 0 Å². The third-order valence-corrected chi connectivity index (χ3v) is 3.54. The standard InChI is InChI=1S/C14H15N3O2/c15-14(5-2-6-14)13(18)17-11-4-1-3-10(7-11)12-8-16-9-19-12/h1,3-4,7-9H,2,5-6,15H2,(H,17,18). The molecular formula is C14H15N3O2. The fourth-order valence-electron chi connectivity index (χ4n) is 2.15. The molecule has 5 heteroatoms. The topological polar surface area (TPSA) is 81.2 Å². The van der Waals surface area contributed by atoms with E-state index in [0.717, 1.165) is 30.5 Å². The Hall–Kier alpha value is -2.14. The molecule has 0 radical (unpaired) electrons. The second kappa shape index (κ2) is 4.51. The minimum Gasteiger partial charge on any atom is -0.444 e. The second-order valence-corrected chi connectivity index (χ2v) is 4.91. The maximum atomic E-state index is 12.0. The van der Waals surface area contributed by atoms with Crippen LogP contribution in [0.15, 0.2) is 41.3 Å². The first-order valence-corrected chi connectivity index (χ1v) is 6.27. The van der Waals surface area contributed by atoms with E-state index in [9.17, 15) is 4.79 Å². The predicted molar refractivity (Wildman–Crippen MR) is 71.3 cm³/mol. The molecule has 0 spiro atoms. The zero-order valence-corrected chi connectivity index (χ0v) is 10.4. The van der Waals surface area contributed by atoms with Gasteiger partial charge in [-0.05, 0) is 31.4 Å². The highest BCUT2D eigenvalue weighted by Gasteiger charge is 2.40. The Kier molecular flexibility index (Phi) is 2.83. The summed E-state index contributed by atoms with van der Waals surface area (Å²) in [4.78, 5) is 15.9. The monoisotopic (exact) mass is 257 g/mol. The van der Waals surface area contributed by atoms with Crippen LogP contribution < -0.4 is 11.1 Å². The number of carbonyl (C=O) groups excluding carboxylic acids is 1. The van der Waals surface area contributed by atoms with Crippen LogP contribution in [0.5, 0.6) is 0 Å². The summed E-state index contributed by atoms with van der Waals surface area (Å²) < 4.78 is 5.23. The minimum atomic E-state index is -0.692. The summed E-state index contributed by atoms with van der Waals surface area (Å²) in [5, 5.41) is 2.86. The van der Waals surface area contributed by atoms with Crippen LogP contribution in [0.1, 0.15) is 19.3 Å². The third-order valence-electron chi connectivity index (χ3n) is 3.54. The molecule has 1 fully saturated rings. The molecule has 5 nitrogen and oxygen atoms in total. The van der Waals surface area contributed by atoms with Crippen molar-refractivity contribution in [3.8, 4) is 11.3 Å². The summed E-state index contributed by atoms with van der Waals surface area (Å²) in [6.07, 6.45) is 5.53. The van der Waals surface area contributed by atoms with Crippen LogP contribution >= 0.6 is 0 Å². The van der Waals surface area contributed by atoms with Crippen LogP contribution in [0.25, 0.3) is 11.3 Å². The van der Waals surface area contributed by atoms with Gasteiger partial charge in [-0.3, -0.25) is 4.79 Å². The Morgan fingerprint density at radius 3 is 2.89 bits per heavy atom. The van der Waals surface area contributed by atoms with Crippen molar-refractivity contribution >= 4 is 11.6 Å². The van der Waals surface area contributed by atoms with Gasteiger partial charge in [-0.1, -0.05) is 12.1 Å². The van der Waals surface area contributed by atoms with Crippen molar-refractivity contribution in [1.29, 1.82) is 0 Å². The van der Waals surface area contributed by atoms with E-state index < -0.39 is 5.54 Å². The van der Waals surface area contributed by atoms with Crippen LogP contribution in [-0.4, -0.2) is 16.4 Å². The molecule has 0 aliphatic heterocycles. The molecule has 1 saturated carbocycles. The summed E-state index contributed by atoms with van der Waals surface area (Å²) in [6.45, 7) is 0. The molecule has 1 heterocycles. The second-order valence-electron chi connectivity index (χ2n) is 4.91. The molecule has 3 rings (SSSR count). The Labute approximate surface area is 110 Å². The molecule has 1 amide bonds. The first-order valence-electron chi connectivity index (χ1n) is 6.27. The molecule has 1 aliphatic rings. The lowest BCUT2D eigenvalue weighted by Crippen LogP contribution is -2.56. The number of aromatic nitrogens is 1. The van der Waals surface area contributed by atoms with Gasteiger partial charge in [0.25, 0.3) is 0 Å². The molecule has 0 saturated heterocycles. The Morgan fingerprint density at radius 1 is 1.42 bits per heavy atom. The molecule has 0 atom stereocenters. The first kappa shape index (κ1) is 11.9. The number of benzene rings is 1. The quantitative estimate of drug-likeness (QED) is 0.882. The Bertz CT molecular complexity index is 588. The molecule has 0 bridgehead atoms. The van der Waals surface area contributed by atoms with Crippen molar-refractivity contribution in [3.63, 3.8) is 0 Å². The molecule has 2 aromatic rings. The number of hydrogen-bond donors (Lipinski definition) is 2. The minimum absolute atomic E-state index is 0.117. The first-order chi connectivity index (χ1) is 9.17. The van der Waals surface area contributed by atoms with Crippen LogP contribution in [-0.2, 0) is 4.79 Å². The van der Waals surface area contributed by atoms with Gasteiger partial charge in [0.1, 0.15) is 0 Å². The highest BCUT2D eigenvalue weighted by atomic mass is 16.3. The van der Waals surface area contributed by atoms with Crippen molar-refractivity contribution in [3.05, 3.63) is 36.9 Å². The normalized spacial score (nSPS) is 16.7. The van der Waals surface area contributed by atoms with Crippen molar-refractivity contribution in [1.82, 2.24) is 4.98 Å². The number of nitrogens with zero attached hydrogens (tertiary/aromatic N) is 1. The van der Waals surface area contributed by atoms with Crippen molar-refractivity contribution < 1.29 is 9.21 Å². The van der Waals surface area contributed by atoms with E-state index in [4.69, 9.17) is 10.2 Å². The van der Waals surface area contributed by atoms with E-state index in [1.807, 2.05) is 24.3 Å². The van der Waals surface area contributed by atoms with E-state index >= 15 is 0 Å². The largest absolute Gasteiger partial charge is 0.444 e. The number of rotatable bonds is 3. The molecule has 98 valence electrons. The molecule has 19 heavy (non-hydrogen) atoms. The van der Waals surface area contributed by atoms with E-state index in [0.29, 0.717) is 5.76 Å². The lowest BCUT2D eigenvalue weighted by atomic mass is 9.77. The maximum absolute atomic E-state index is 12.0. The molecule has 3 N–H and O–H groups in total. The molecule has 0 unspecified atom stereocenters. The predicted octanol–water partition coefficient (Wildman–Crippen LogP) is 2.16. The van der Waals surface area contributed by atoms with E-state index in [2.05, 4.69) is 10.3 Å². The summed E-state index contributed by atoms with van der Waals surface area (Å²) in [5.41, 5.74) is 6.88. The zero-order chi connectivity index (χ0) is 13.3. The van der Waals surface area contributed by atoms with E-state index in [-0.39, 0.29) is 5.91 Å². The van der Waals surface area contributed by atoms with Gasteiger partial charge in [-0.25, -0.2) is 4.98 Å². The van der Waals surface area contributed by atoms with Gasteiger partial charge in [-0.15, -0.1) is 0 Å². The molecular weight excluding hydrogens is 242 g/mol. The summed E-state index contributed by atoms with van der Waals surface area (Å²) in [5.74, 6) is 0.552. The van der Waals surface area contributed by atoms with Gasteiger partial charge in [0.05, 0.1) is 11.7 Å². The molecule has 1 aliphatic carbocycles. The highest BCUT2D eigenvalue weighted by Crippen LogP contribution is 2.30. The number of oxazole rings is 1. The van der Waals surface area contributed by atoms with Gasteiger partial charge in [-0.2, -0.15) is 0 Å². The van der Waals surface area contributed by atoms with Crippen LogP contribution in [0.4, 0.5) is 5.69 Å². The fraction of sp³-hybridized carbons (Fsp3) is 0.286. The average Bonchev–Trinajstić information content (AvgIpc) is 2.90. The number of hydrogen-bond acceptors (Lipinski definition) is 4. The van der Waals surface area contributed by atoms with Gasteiger partial charge in [0, 0.05) is 11.3 Å². The van der Waals surface area contributed by atoms with Crippen molar-refractivity contribution in [2.75, 3.05) is 5.32 Å². The fourth-order valence-corrected chi connectivity index (χ4v) is 2.15. The van der Waals surface area contributed by atoms with Crippen molar-refractivity contribution in [2.24, 2.45) is 5.73 Å². The zero-order valence-electron chi connectivity index (χ0n) is 10.4. The number of anilines is 1. The Balaban J connectivity index is 1.78. The van der Waals surface area contributed by atoms with Crippen LogP contribution in [0.2, 0.25) is 0 Å². The van der Waals surface area contributed by atoms with Gasteiger partial charge >= 0.3 is 0 Å². The summed E-state index contributed by atoms with van der Waals surface area (Å²) >= 11 is 0. The lowest BCUT2D eigenvalue weighted by molar-refractivity contribution is -0.123. The van der Waals surface area contributed by atoms with Crippen LogP contribution in [0, 0.1) is 0 Å². The van der Waals surface area contributed by atoms with E-state index in [1.165, 1.54) is 6.39 Å². The number of carbonyl (C=O) groups is 1. The van der Waals surface area contributed by atoms with Crippen molar-refractivity contribution in [2.45, 2.75) is 24.8 Å². The van der Waals surface area contributed by atoms with E-state index in [1.54, 1.807) is 6.20 Å². The molecule has 1 aromatic heterocycles. The summed E-state index contributed by atoms with van der Waals surface area (Å²) in [6, 6.07) is 7.44. The number of nitrogens with one attached hydrogen (secondary N) is 1. The number of amides is 1. The highest BCUT2D eigenvalue weighted by molar-refractivity contribution is 5.98. The smallest absolute Gasteiger partial charge is 0.244 e. The van der Waals surface area contributed by atoms with Gasteiger partial charge < -0.3 is 15.5 Å². The van der Waals surface area contributed by atoms with Gasteiger partial charge in [0.2, 0.25) is 5.91 Å². The van der Waals surface area contributed by atoms with Gasteiger partial charge in [0.15, 0.2) is 12.2 Å². The molecule has 1 aromatic carbocycles. The SMILES string of the molecule is NC1(C(=O)Nc2cccc(-c3cnco3)c2)CCC1. The lowest BCUT2D eigenvalue weighted by Gasteiger charge is -2.36. The average molecular weight is 257 g/mol. The maximum Gasteiger partial charge on any atom is 0.244 e. The third kappa shape index (κ3) is 2.24. The summed E-state index contributed by atoms with van der Waals surface area (Å²) in [7, 11) is 0. The number of nitrogens with two attached hydrogens (primary N) is 1.